The molecule has 3 nitrogen and oxygen atoms in total. The smallest absolute Gasteiger partial charge is 0.420 e. The van der Waals surface area contributed by atoms with Gasteiger partial charge in [-0.1, -0.05) is 19.8 Å². The first-order chi connectivity index (χ1) is 15.2. The van der Waals surface area contributed by atoms with Crippen LogP contribution in [0.3, 0.4) is 0 Å². The van der Waals surface area contributed by atoms with Crippen LogP contribution < -0.4 is 4.74 Å². The van der Waals surface area contributed by atoms with Crippen molar-refractivity contribution in [1.29, 1.82) is 0 Å². The van der Waals surface area contributed by atoms with Gasteiger partial charge < -0.3 is 9.47 Å². The normalized spacial score (nSPS) is 26.7. The number of ether oxygens (including phenoxy) is 2. The number of hydrogen-bond donors (Lipinski definition) is 0. The summed E-state index contributed by atoms with van der Waals surface area (Å²) in [6.45, 7) is 4.63. The van der Waals surface area contributed by atoms with E-state index in [9.17, 15) is 22.4 Å². The van der Waals surface area contributed by atoms with E-state index in [0.29, 0.717) is 18.8 Å². The average molecular weight is 459 g/mol. The number of benzene rings is 1. The van der Waals surface area contributed by atoms with Crippen LogP contribution in [0, 0.1) is 23.6 Å². The molecule has 3 rings (SSSR count). The highest BCUT2D eigenvalue weighted by molar-refractivity contribution is 5.97. The van der Waals surface area contributed by atoms with E-state index in [4.69, 9.17) is 9.47 Å². The summed E-state index contributed by atoms with van der Waals surface area (Å²) in [5, 5.41) is 0. The number of alkyl halides is 3. The van der Waals surface area contributed by atoms with Crippen molar-refractivity contribution in [2.24, 2.45) is 17.8 Å². The molecule has 1 aromatic carbocycles. The Balaban J connectivity index is 1.51. The van der Waals surface area contributed by atoms with E-state index in [1.807, 2.05) is 0 Å². The van der Waals surface area contributed by atoms with Crippen LogP contribution in [-0.4, -0.2) is 25.1 Å². The van der Waals surface area contributed by atoms with Crippen molar-refractivity contribution in [2.45, 2.75) is 83.9 Å². The first-order valence-corrected chi connectivity index (χ1v) is 11.9. The Morgan fingerprint density at radius 2 is 1.78 bits per heavy atom. The molecule has 0 amide bonds. The molecule has 0 spiro atoms. The third-order valence-electron chi connectivity index (χ3n) is 7.05. The zero-order chi connectivity index (χ0) is 23.3. The summed E-state index contributed by atoms with van der Waals surface area (Å²) in [5.74, 6) is -0.560. The summed E-state index contributed by atoms with van der Waals surface area (Å²) in [6.07, 6.45) is 3.21. The second-order valence-electron chi connectivity index (χ2n) is 9.36. The Bertz CT molecular complexity index is 761. The van der Waals surface area contributed by atoms with Crippen molar-refractivity contribution >= 4 is 5.78 Å². The van der Waals surface area contributed by atoms with Crippen molar-refractivity contribution in [2.75, 3.05) is 13.2 Å². The van der Waals surface area contributed by atoms with E-state index < -0.39 is 34.7 Å². The fourth-order valence-electron chi connectivity index (χ4n) is 5.14. The molecule has 2 fully saturated rings. The molecule has 0 aromatic heterocycles. The summed E-state index contributed by atoms with van der Waals surface area (Å²) < 4.78 is 65.7. The van der Waals surface area contributed by atoms with Gasteiger partial charge in [0.25, 0.3) is 0 Å². The molecule has 1 aromatic rings. The Hall–Kier alpha value is -1.63. The van der Waals surface area contributed by atoms with Gasteiger partial charge in [-0.05, 0) is 75.3 Å². The lowest BCUT2D eigenvalue weighted by atomic mass is 9.74. The Labute approximate surface area is 187 Å². The molecule has 0 N–H and O–H groups in total. The summed E-state index contributed by atoms with van der Waals surface area (Å²) in [7, 11) is 0. The fourth-order valence-corrected chi connectivity index (χ4v) is 5.14. The Kier molecular flexibility index (Phi) is 8.59. The number of halogens is 4. The highest BCUT2D eigenvalue weighted by Gasteiger charge is 2.40. The van der Waals surface area contributed by atoms with Crippen molar-refractivity contribution in [3.63, 3.8) is 0 Å². The molecule has 2 unspecified atom stereocenters. The van der Waals surface area contributed by atoms with Gasteiger partial charge in [0.1, 0.15) is 5.56 Å². The van der Waals surface area contributed by atoms with Gasteiger partial charge >= 0.3 is 6.18 Å². The van der Waals surface area contributed by atoms with E-state index in [0.717, 1.165) is 43.4 Å². The van der Waals surface area contributed by atoms with Crippen LogP contribution >= 0.6 is 0 Å². The predicted octanol–water partition coefficient (Wildman–Crippen LogP) is 7.22. The minimum Gasteiger partial charge on any atom is -0.491 e. The van der Waals surface area contributed by atoms with E-state index in [1.54, 1.807) is 6.92 Å². The van der Waals surface area contributed by atoms with Gasteiger partial charge in [-0.25, -0.2) is 4.39 Å². The molecule has 0 bridgehead atoms. The number of Topliss-reactive ketones (excluding diaryl/α,β-unsaturated/α-hetero) is 1. The average Bonchev–Trinajstić information content (AvgIpc) is 2.75. The molecule has 0 radical (unpaired) electrons. The Morgan fingerprint density at radius 3 is 2.38 bits per heavy atom. The van der Waals surface area contributed by atoms with Crippen LogP contribution in [0.25, 0.3) is 0 Å². The number of rotatable bonds is 8. The summed E-state index contributed by atoms with van der Waals surface area (Å²) in [4.78, 5) is 12.5. The van der Waals surface area contributed by atoms with E-state index >= 15 is 0 Å². The lowest BCUT2D eigenvalue weighted by molar-refractivity contribution is -0.140. The molecule has 1 aliphatic heterocycles. The minimum atomic E-state index is -4.97. The standard InChI is InChI=1S/C25H34F4O3/c1-3-31-22-14-13-20(23(24(22)26)25(27,28)29)21(30)6-4-5-19-12-11-18(15-32-19)17-9-7-16(2)8-10-17/h13-14,16-19H,3-12,15H2,1-2H3. The van der Waals surface area contributed by atoms with Crippen LogP contribution in [-0.2, 0) is 10.9 Å². The Morgan fingerprint density at radius 1 is 1.09 bits per heavy atom. The molecule has 7 heteroatoms. The SMILES string of the molecule is CCOc1ccc(C(=O)CCCC2CCC(C3CCC(C)CC3)CO2)c(C(F)(F)F)c1F. The second kappa shape index (κ2) is 11.0. The molecule has 1 aliphatic carbocycles. The zero-order valence-corrected chi connectivity index (χ0v) is 19.0. The lowest BCUT2D eigenvalue weighted by Gasteiger charge is -2.37. The molecule has 180 valence electrons. The van der Waals surface area contributed by atoms with Gasteiger partial charge in [0.05, 0.1) is 19.3 Å². The van der Waals surface area contributed by atoms with Crippen molar-refractivity contribution < 1.29 is 31.8 Å². The van der Waals surface area contributed by atoms with E-state index in [-0.39, 0.29) is 19.1 Å². The summed E-state index contributed by atoms with van der Waals surface area (Å²) in [5.41, 5.74) is -2.17. The molecule has 1 saturated carbocycles. The van der Waals surface area contributed by atoms with Crippen molar-refractivity contribution in [1.82, 2.24) is 0 Å². The minimum absolute atomic E-state index is 0.0314. The molecular formula is C25H34F4O3. The maximum absolute atomic E-state index is 14.4. The highest BCUT2D eigenvalue weighted by atomic mass is 19.4. The van der Waals surface area contributed by atoms with Crippen LogP contribution in [0.4, 0.5) is 17.6 Å². The fraction of sp³-hybridized carbons (Fsp3) is 0.720. The largest absolute Gasteiger partial charge is 0.491 e. The highest BCUT2D eigenvalue weighted by Crippen LogP contribution is 2.39. The number of carbonyl (C=O) groups is 1. The number of ketones is 1. The first kappa shape index (κ1) is 25.0. The van der Waals surface area contributed by atoms with Crippen LogP contribution in [0.2, 0.25) is 0 Å². The maximum atomic E-state index is 14.4. The van der Waals surface area contributed by atoms with Crippen molar-refractivity contribution in [3.8, 4) is 5.75 Å². The van der Waals surface area contributed by atoms with Crippen molar-refractivity contribution in [3.05, 3.63) is 29.1 Å². The van der Waals surface area contributed by atoms with Gasteiger partial charge in [0, 0.05) is 12.0 Å². The third kappa shape index (κ3) is 6.24. The van der Waals surface area contributed by atoms with E-state index in [1.165, 1.54) is 25.7 Å². The van der Waals surface area contributed by atoms with Gasteiger partial charge in [-0.3, -0.25) is 4.79 Å². The molecule has 32 heavy (non-hydrogen) atoms. The number of carbonyl (C=O) groups excluding carboxylic acids is 1. The molecular weight excluding hydrogens is 424 g/mol. The monoisotopic (exact) mass is 458 g/mol. The zero-order valence-electron chi connectivity index (χ0n) is 19.0. The van der Waals surface area contributed by atoms with Crippen LogP contribution in [0.15, 0.2) is 12.1 Å². The predicted molar refractivity (Wildman–Crippen MR) is 114 cm³/mol. The van der Waals surface area contributed by atoms with Crippen LogP contribution in [0.5, 0.6) is 5.75 Å². The van der Waals surface area contributed by atoms with Crippen LogP contribution in [0.1, 0.15) is 87.6 Å². The lowest BCUT2D eigenvalue weighted by Crippen LogP contribution is -2.32. The summed E-state index contributed by atoms with van der Waals surface area (Å²) in [6, 6.07) is 2.11. The van der Waals surface area contributed by atoms with Gasteiger partial charge in [0.2, 0.25) is 0 Å². The maximum Gasteiger partial charge on any atom is 0.420 e. The molecule has 2 aliphatic rings. The van der Waals surface area contributed by atoms with E-state index in [2.05, 4.69) is 6.92 Å². The quantitative estimate of drug-likeness (QED) is 0.305. The number of hydrogen-bond acceptors (Lipinski definition) is 3. The first-order valence-electron chi connectivity index (χ1n) is 11.9. The molecule has 1 saturated heterocycles. The molecule has 2 atom stereocenters. The topological polar surface area (TPSA) is 35.5 Å². The second-order valence-corrected chi connectivity index (χ2v) is 9.36. The molecule has 1 heterocycles. The van der Waals surface area contributed by atoms with Gasteiger partial charge in [-0.2, -0.15) is 13.2 Å². The van der Waals surface area contributed by atoms with Gasteiger partial charge in [-0.15, -0.1) is 0 Å². The third-order valence-corrected chi connectivity index (χ3v) is 7.05. The summed E-state index contributed by atoms with van der Waals surface area (Å²) >= 11 is 0. The van der Waals surface area contributed by atoms with Gasteiger partial charge in [0.15, 0.2) is 17.3 Å².